The van der Waals surface area contributed by atoms with E-state index in [2.05, 4.69) is 0 Å². The van der Waals surface area contributed by atoms with Crippen LogP contribution in [0.1, 0.15) is 20.8 Å². The summed E-state index contributed by atoms with van der Waals surface area (Å²) in [5.41, 5.74) is 5.32. The van der Waals surface area contributed by atoms with Gasteiger partial charge in [0.05, 0.1) is 0 Å². The van der Waals surface area contributed by atoms with Crippen molar-refractivity contribution >= 4 is 0 Å². The van der Waals surface area contributed by atoms with Crippen LogP contribution in [-0.4, -0.2) is 19.1 Å². The molecule has 3 nitrogen and oxygen atoms in total. The Balaban J connectivity index is 3.15. The van der Waals surface area contributed by atoms with Gasteiger partial charge in [-0.05, 0) is 20.8 Å². The van der Waals surface area contributed by atoms with Crippen LogP contribution < -0.4 is 5.73 Å². The van der Waals surface area contributed by atoms with Crippen LogP contribution in [0.15, 0.2) is 0 Å². The Bertz CT molecular complexity index is 66.1. The third kappa shape index (κ3) is 5.76. The van der Waals surface area contributed by atoms with E-state index >= 15 is 0 Å². The predicted molar refractivity (Wildman–Crippen MR) is 35.8 cm³/mol. The van der Waals surface area contributed by atoms with Gasteiger partial charge in [-0.25, -0.2) is 0 Å². The minimum atomic E-state index is -0.244. The van der Waals surface area contributed by atoms with Crippen molar-refractivity contribution in [2.24, 2.45) is 5.73 Å². The molecule has 0 saturated carbocycles. The van der Waals surface area contributed by atoms with Gasteiger partial charge in [-0.2, -0.15) is 0 Å². The number of hydrogen-bond acceptors (Lipinski definition) is 3. The highest BCUT2D eigenvalue weighted by Crippen LogP contribution is 1.93. The van der Waals surface area contributed by atoms with Gasteiger partial charge in [-0.1, -0.05) is 0 Å². The van der Waals surface area contributed by atoms with Crippen molar-refractivity contribution in [2.75, 3.05) is 6.61 Å². The van der Waals surface area contributed by atoms with E-state index in [4.69, 9.17) is 15.2 Å². The lowest BCUT2D eigenvalue weighted by Gasteiger charge is -2.14. The van der Waals surface area contributed by atoms with Crippen LogP contribution in [0.3, 0.4) is 0 Å². The second kappa shape index (κ2) is 4.73. The first-order valence-electron chi connectivity index (χ1n) is 3.19. The fourth-order valence-electron chi connectivity index (χ4n) is 0.576. The van der Waals surface area contributed by atoms with E-state index < -0.39 is 0 Å². The maximum atomic E-state index is 5.32. The van der Waals surface area contributed by atoms with Crippen LogP contribution >= 0.6 is 0 Å². The van der Waals surface area contributed by atoms with Gasteiger partial charge >= 0.3 is 0 Å². The summed E-state index contributed by atoms with van der Waals surface area (Å²) in [6.07, 6.45) is -0.429. The quantitative estimate of drug-likeness (QED) is 0.574. The zero-order valence-corrected chi connectivity index (χ0v) is 6.26. The fraction of sp³-hybridized carbons (Fsp3) is 1.00. The van der Waals surface area contributed by atoms with Gasteiger partial charge in [0.25, 0.3) is 0 Å². The van der Waals surface area contributed by atoms with Gasteiger partial charge in [0, 0.05) is 6.61 Å². The molecule has 2 atom stereocenters. The van der Waals surface area contributed by atoms with Crippen molar-refractivity contribution in [3.8, 4) is 0 Å². The van der Waals surface area contributed by atoms with E-state index in [1.54, 1.807) is 6.92 Å². The van der Waals surface area contributed by atoms with Crippen LogP contribution in [0.4, 0.5) is 0 Å². The number of ether oxygens (including phenoxy) is 2. The van der Waals surface area contributed by atoms with Crippen molar-refractivity contribution in [3.63, 3.8) is 0 Å². The number of hydrogen-bond donors (Lipinski definition) is 1. The lowest BCUT2D eigenvalue weighted by atomic mass is 10.6. The summed E-state index contributed by atoms with van der Waals surface area (Å²) in [5, 5.41) is 0. The molecule has 0 aromatic carbocycles. The second-order valence-corrected chi connectivity index (χ2v) is 1.86. The largest absolute Gasteiger partial charge is 0.353 e. The molecule has 0 spiro atoms. The van der Waals surface area contributed by atoms with E-state index in [0.717, 1.165) is 0 Å². The summed E-state index contributed by atoms with van der Waals surface area (Å²) in [6.45, 7) is 6.18. The SMILES string of the molecule is CCOC(C)OC(C)N. The highest BCUT2D eigenvalue weighted by Gasteiger charge is 2.01. The lowest BCUT2D eigenvalue weighted by Crippen LogP contribution is -2.26. The van der Waals surface area contributed by atoms with E-state index in [1.165, 1.54) is 0 Å². The van der Waals surface area contributed by atoms with Gasteiger partial charge in [0.2, 0.25) is 0 Å². The molecule has 0 aliphatic carbocycles. The maximum absolute atomic E-state index is 5.32. The third-order valence-corrected chi connectivity index (χ3v) is 0.808. The highest BCUT2D eigenvalue weighted by molar-refractivity contribution is 4.35. The van der Waals surface area contributed by atoms with Crippen molar-refractivity contribution in [1.29, 1.82) is 0 Å². The van der Waals surface area contributed by atoms with Crippen molar-refractivity contribution in [3.05, 3.63) is 0 Å². The molecule has 0 heterocycles. The molecule has 0 bridgehead atoms. The van der Waals surface area contributed by atoms with Crippen LogP contribution in [-0.2, 0) is 9.47 Å². The Morgan fingerprint density at radius 1 is 1.44 bits per heavy atom. The molecule has 0 fully saturated rings. The fourth-order valence-corrected chi connectivity index (χ4v) is 0.576. The summed E-state index contributed by atoms with van der Waals surface area (Å²) in [7, 11) is 0. The van der Waals surface area contributed by atoms with Crippen LogP contribution in [0.25, 0.3) is 0 Å². The van der Waals surface area contributed by atoms with Gasteiger partial charge in [0.15, 0.2) is 6.29 Å². The van der Waals surface area contributed by atoms with Gasteiger partial charge in [-0.15, -0.1) is 0 Å². The monoisotopic (exact) mass is 133 g/mol. The summed E-state index contributed by atoms with van der Waals surface area (Å²) in [5.74, 6) is 0. The molecule has 2 unspecified atom stereocenters. The highest BCUT2D eigenvalue weighted by atomic mass is 16.7. The Morgan fingerprint density at radius 2 is 2.00 bits per heavy atom. The Morgan fingerprint density at radius 3 is 2.33 bits per heavy atom. The molecular formula is C6H15NO2. The standard InChI is InChI=1S/C6H15NO2/c1-4-8-6(3)9-5(2)7/h5-6H,4,7H2,1-3H3. The Kier molecular flexibility index (Phi) is 4.67. The topological polar surface area (TPSA) is 44.5 Å². The molecule has 9 heavy (non-hydrogen) atoms. The molecule has 0 aromatic heterocycles. The van der Waals surface area contributed by atoms with Crippen LogP contribution in [0.5, 0.6) is 0 Å². The molecule has 0 radical (unpaired) electrons. The predicted octanol–water partition coefficient (Wildman–Crippen LogP) is 0.690. The molecule has 0 aliphatic rings. The molecule has 0 rings (SSSR count). The normalized spacial score (nSPS) is 17.3. The number of rotatable bonds is 4. The smallest absolute Gasteiger partial charge is 0.156 e. The van der Waals surface area contributed by atoms with Crippen LogP contribution in [0, 0.1) is 0 Å². The first-order valence-corrected chi connectivity index (χ1v) is 3.19. The molecule has 0 saturated heterocycles. The summed E-state index contributed by atoms with van der Waals surface area (Å²) in [4.78, 5) is 0. The number of nitrogens with two attached hydrogens (primary N) is 1. The van der Waals surface area contributed by atoms with E-state index in [-0.39, 0.29) is 12.5 Å². The van der Waals surface area contributed by atoms with E-state index in [9.17, 15) is 0 Å². The average molecular weight is 133 g/mol. The second-order valence-electron chi connectivity index (χ2n) is 1.86. The minimum absolute atomic E-state index is 0.185. The van der Waals surface area contributed by atoms with Gasteiger partial charge < -0.3 is 15.2 Å². The van der Waals surface area contributed by atoms with E-state index in [0.29, 0.717) is 6.61 Å². The lowest BCUT2D eigenvalue weighted by molar-refractivity contribution is -0.151. The molecule has 0 aromatic rings. The van der Waals surface area contributed by atoms with Crippen molar-refractivity contribution < 1.29 is 9.47 Å². The molecule has 0 amide bonds. The molecule has 2 N–H and O–H groups in total. The van der Waals surface area contributed by atoms with Gasteiger partial charge in [0.1, 0.15) is 6.23 Å². The molecular weight excluding hydrogens is 118 g/mol. The average Bonchev–Trinajstić information content (AvgIpc) is 1.63. The zero-order valence-electron chi connectivity index (χ0n) is 6.26. The summed E-state index contributed by atoms with van der Waals surface area (Å²) in [6, 6.07) is 0. The Hall–Kier alpha value is -0.120. The first kappa shape index (κ1) is 8.88. The maximum Gasteiger partial charge on any atom is 0.156 e. The van der Waals surface area contributed by atoms with Crippen molar-refractivity contribution in [1.82, 2.24) is 0 Å². The van der Waals surface area contributed by atoms with Crippen LogP contribution in [0.2, 0.25) is 0 Å². The van der Waals surface area contributed by atoms with E-state index in [1.807, 2.05) is 13.8 Å². The minimum Gasteiger partial charge on any atom is -0.353 e. The molecule has 0 aliphatic heterocycles. The first-order chi connectivity index (χ1) is 4.16. The zero-order chi connectivity index (χ0) is 7.28. The Labute approximate surface area is 56.1 Å². The molecule has 56 valence electrons. The van der Waals surface area contributed by atoms with Crippen molar-refractivity contribution in [2.45, 2.75) is 33.3 Å². The van der Waals surface area contributed by atoms with Gasteiger partial charge in [-0.3, -0.25) is 0 Å². The third-order valence-electron chi connectivity index (χ3n) is 0.808. The summed E-state index contributed by atoms with van der Waals surface area (Å²) >= 11 is 0. The summed E-state index contributed by atoms with van der Waals surface area (Å²) < 4.78 is 10.1. The molecule has 3 heteroatoms.